The van der Waals surface area contributed by atoms with E-state index in [0.717, 1.165) is 25.7 Å². The van der Waals surface area contributed by atoms with Crippen LogP contribution in [0.4, 0.5) is 0 Å². The third kappa shape index (κ3) is 3.10. The number of methoxy groups -OCH3 is 1. The Hall–Kier alpha value is -1.35. The SMILES string of the molecule is COC(=O)C(C)Cc1ccccc1CC1(N)CC1. The lowest BCUT2D eigenvalue weighted by Crippen LogP contribution is -2.25. The molecule has 2 N–H and O–H groups in total. The van der Waals surface area contributed by atoms with Gasteiger partial charge in [0.05, 0.1) is 13.0 Å². The fraction of sp³-hybridized carbons (Fsp3) is 0.533. The van der Waals surface area contributed by atoms with Gasteiger partial charge < -0.3 is 10.5 Å². The Morgan fingerprint density at radius 1 is 1.39 bits per heavy atom. The second kappa shape index (κ2) is 5.11. The molecule has 1 fully saturated rings. The number of carbonyl (C=O) groups excluding carboxylic acids is 1. The quantitative estimate of drug-likeness (QED) is 0.810. The van der Waals surface area contributed by atoms with E-state index < -0.39 is 0 Å². The van der Waals surface area contributed by atoms with Crippen molar-refractivity contribution in [3.63, 3.8) is 0 Å². The van der Waals surface area contributed by atoms with E-state index >= 15 is 0 Å². The first kappa shape index (κ1) is 13.1. The predicted octanol–water partition coefficient (Wildman–Crippen LogP) is 2.07. The molecule has 0 amide bonds. The van der Waals surface area contributed by atoms with Crippen LogP contribution in [-0.4, -0.2) is 18.6 Å². The van der Waals surface area contributed by atoms with Gasteiger partial charge in [-0.15, -0.1) is 0 Å². The number of rotatable bonds is 5. The lowest BCUT2D eigenvalue weighted by atomic mass is 9.93. The van der Waals surface area contributed by atoms with Crippen LogP contribution in [-0.2, 0) is 22.4 Å². The minimum atomic E-state index is -0.154. The summed E-state index contributed by atoms with van der Waals surface area (Å²) >= 11 is 0. The fourth-order valence-corrected chi connectivity index (χ4v) is 2.26. The van der Waals surface area contributed by atoms with Gasteiger partial charge in [-0.3, -0.25) is 4.79 Å². The Kier molecular flexibility index (Phi) is 3.71. The summed E-state index contributed by atoms with van der Waals surface area (Å²) in [7, 11) is 1.43. The summed E-state index contributed by atoms with van der Waals surface area (Å²) in [4.78, 5) is 11.5. The van der Waals surface area contributed by atoms with Crippen LogP contribution in [0.25, 0.3) is 0 Å². The van der Waals surface area contributed by atoms with E-state index in [1.165, 1.54) is 18.2 Å². The van der Waals surface area contributed by atoms with E-state index in [9.17, 15) is 4.79 Å². The van der Waals surface area contributed by atoms with E-state index in [-0.39, 0.29) is 17.4 Å². The standard InChI is InChI=1S/C15H21NO2/c1-11(14(17)18-2)9-12-5-3-4-6-13(12)10-15(16)7-8-15/h3-6,11H,7-10,16H2,1-2H3. The highest BCUT2D eigenvalue weighted by atomic mass is 16.5. The monoisotopic (exact) mass is 247 g/mol. The Morgan fingerprint density at radius 2 is 2.00 bits per heavy atom. The van der Waals surface area contributed by atoms with Gasteiger partial charge in [0.15, 0.2) is 0 Å². The summed E-state index contributed by atoms with van der Waals surface area (Å²) in [5.74, 6) is -0.261. The van der Waals surface area contributed by atoms with E-state index in [1.54, 1.807) is 0 Å². The molecule has 3 nitrogen and oxygen atoms in total. The van der Waals surface area contributed by atoms with Gasteiger partial charge in [0.1, 0.15) is 0 Å². The summed E-state index contributed by atoms with van der Waals surface area (Å²) in [6, 6.07) is 8.25. The van der Waals surface area contributed by atoms with Crippen molar-refractivity contribution in [1.29, 1.82) is 0 Å². The third-order valence-electron chi connectivity index (χ3n) is 3.68. The first-order chi connectivity index (χ1) is 8.54. The highest BCUT2D eigenvalue weighted by molar-refractivity contribution is 5.72. The molecule has 0 heterocycles. The first-order valence-electron chi connectivity index (χ1n) is 6.47. The highest BCUT2D eigenvalue weighted by Crippen LogP contribution is 2.36. The molecule has 1 aliphatic rings. The van der Waals surface area contributed by atoms with Crippen LogP contribution < -0.4 is 5.73 Å². The molecule has 3 heteroatoms. The summed E-state index contributed by atoms with van der Waals surface area (Å²) in [5, 5.41) is 0. The molecule has 1 saturated carbocycles. The van der Waals surface area contributed by atoms with Crippen LogP contribution in [0.5, 0.6) is 0 Å². The van der Waals surface area contributed by atoms with Crippen LogP contribution in [0.15, 0.2) is 24.3 Å². The molecule has 98 valence electrons. The van der Waals surface area contributed by atoms with Gasteiger partial charge in [0, 0.05) is 5.54 Å². The van der Waals surface area contributed by atoms with E-state index in [4.69, 9.17) is 10.5 Å². The zero-order valence-corrected chi connectivity index (χ0v) is 11.1. The molecule has 1 atom stereocenters. The maximum absolute atomic E-state index is 11.5. The number of benzene rings is 1. The van der Waals surface area contributed by atoms with Crippen LogP contribution in [0.2, 0.25) is 0 Å². The van der Waals surface area contributed by atoms with Crippen molar-refractivity contribution in [1.82, 2.24) is 0 Å². The number of hydrogen-bond acceptors (Lipinski definition) is 3. The van der Waals surface area contributed by atoms with Crippen molar-refractivity contribution in [3.8, 4) is 0 Å². The molecular formula is C15H21NO2. The molecule has 1 aromatic rings. The van der Waals surface area contributed by atoms with E-state index in [0.29, 0.717) is 0 Å². The summed E-state index contributed by atoms with van der Waals surface area (Å²) in [6.45, 7) is 1.90. The first-order valence-corrected chi connectivity index (χ1v) is 6.47. The smallest absolute Gasteiger partial charge is 0.308 e. The van der Waals surface area contributed by atoms with Gasteiger partial charge in [-0.1, -0.05) is 31.2 Å². The number of nitrogens with two attached hydrogens (primary N) is 1. The summed E-state index contributed by atoms with van der Waals surface area (Å²) in [6.07, 6.45) is 3.85. The maximum atomic E-state index is 11.5. The third-order valence-corrected chi connectivity index (χ3v) is 3.68. The van der Waals surface area contributed by atoms with Gasteiger partial charge in [0.2, 0.25) is 0 Å². The highest BCUT2D eigenvalue weighted by Gasteiger charge is 2.38. The Balaban J connectivity index is 2.09. The second-order valence-electron chi connectivity index (χ2n) is 5.44. The van der Waals surface area contributed by atoms with Gasteiger partial charge in [-0.25, -0.2) is 0 Å². The average Bonchev–Trinajstić information content (AvgIpc) is 3.08. The zero-order chi connectivity index (χ0) is 13.2. The molecule has 2 rings (SSSR count). The molecule has 1 aliphatic carbocycles. The number of esters is 1. The normalized spacial score (nSPS) is 18.2. The molecule has 0 aliphatic heterocycles. The minimum Gasteiger partial charge on any atom is -0.469 e. The molecule has 0 aromatic heterocycles. The van der Waals surface area contributed by atoms with Crippen LogP contribution in [0, 0.1) is 5.92 Å². The zero-order valence-electron chi connectivity index (χ0n) is 11.1. The number of carbonyl (C=O) groups is 1. The molecule has 0 radical (unpaired) electrons. The molecule has 0 bridgehead atoms. The Bertz CT molecular complexity index is 438. The van der Waals surface area contributed by atoms with Gasteiger partial charge in [-0.2, -0.15) is 0 Å². The fourth-order valence-electron chi connectivity index (χ4n) is 2.26. The van der Waals surface area contributed by atoms with Gasteiger partial charge >= 0.3 is 5.97 Å². The van der Waals surface area contributed by atoms with Crippen molar-refractivity contribution in [2.75, 3.05) is 7.11 Å². The molecule has 0 saturated heterocycles. The molecule has 18 heavy (non-hydrogen) atoms. The van der Waals surface area contributed by atoms with Crippen molar-refractivity contribution in [2.24, 2.45) is 11.7 Å². The molecular weight excluding hydrogens is 226 g/mol. The summed E-state index contributed by atoms with van der Waals surface area (Å²) < 4.78 is 4.77. The second-order valence-corrected chi connectivity index (χ2v) is 5.44. The summed E-state index contributed by atoms with van der Waals surface area (Å²) in [5.41, 5.74) is 8.66. The molecule has 0 spiro atoms. The van der Waals surface area contributed by atoms with Crippen molar-refractivity contribution in [2.45, 2.75) is 38.1 Å². The Morgan fingerprint density at radius 3 is 2.56 bits per heavy atom. The topological polar surface area (TPSA) is 52.3 Å². The van der Waals surface area contributed by atoms with E-state index in [1.807, 2.05) is 19.1 Å². The molecule has 1 aromatic carbocycles. The Labute approximate surface area is 108 Å². The predicted molar refractivity (Wildman–Crippen MR) is 71.2 cm³/mol. The van der Waals surface area contributed by atoms with Gasteiger partial charge in [-0.05, 0) is 36.8 Å². The average molecular weight is 247 g/mol. The molecule has 1 unspecified atom stereocenters. The maximum Gasteiger partial charge on any atom is 0.308 e. The van der Waals surface area contributed by atoms with Gasteiger partial charge in [0.25, 0.3) is 0 Å². The van der Waals surface area contributed by atoms with Crippen molar-refractivity contribution < 1.29 is 9.53 Å². The van der Waals surface area contributed by atoms with Crippen molar-refractivity contribution in [3.05, 3.63) is 35.4 Å². The van der Waals surface area contributed by atoms with E-state index in [2.05, 4.69) is 12.1 Å². The minimum absolute atomic E-state index is 0.00457. The lowest BCUT2D eigenvalue weighted by molar-refractivity contribution is -0.144. The van der Waals surface area contributed by atoms with Crippen LogP contribution >= 0.6 is 0 Å². The van der Waals surface area contributed by atoms with Crippen LogP contribution in [0.3, 0.4) is 0 Å². The largest absolute Gasteiger partial charge is 0.469 e. The van der Waals surface area contributed by atoms with Crippen LogP contribution in [0.1, 0.15) is 30.9 Å². The lowest BCUT2D eigenvalue weighted by Gasteiger charge is -2.15. The van der Waals surface area contributed by atoms with Crippen molar-refractivity contribution >= 4 is 5.97 Å². The number of hydrogen-bond donors (Lipinski definition) is 1. The number of ether oxygens (including phenoxy) is 1.